The van der Waals surface area contributed by atoms with E-state index in [4.69, 9.17) is 16.3 Å². The lowest BCUT2D eigenvalue weighted by atomic mass is 9.89. The Morgan fingerprint density at radius 2 is 1.88 bits per heavy atom. The topological polar surface area (TPSA) is 171 Å². The summed E-state index contributed by atoms with van der Waals surface area (Å²) in [6.07, 6.45) is -1.75. The molecule has 0 aliphatic carbocycles. The number of nitrogens with zero attached hydrogens (tertiary/aromatic N) is 5. The number of aromatic nitrogens is 3. The molecule has 4 N–H and O–H groups in total. The summed E-state index contributed by atoms with van der Waals surface area (Å²) in [5, 5.41) is 12.3. The van der Waals surface area contributed by atoms with Gasteiger partial charge in [-0.1, -0.05) is 41.1 Å². The smallest absolute Gasteiger partial charge is 0.419 e. The summed E-state index contributed by atoms with van der Waals surface area (Å²) in [5.74, 6) is -1.10. The second kappa shape index (κ2) is 19.7. The van der Waals surface area contributed by atoms with Gasteiger partial charge < -0.3 is 25.6 Å². The number of hydrogen-bond acceptors (Lipinski definition) is 13. The summed E-state index contributed by atoms with van der Waals surface area (Å²) in [6.45, 7) is 7.27. The lowest BCUT2D eigenvalue weighted by molar-refractivity contribution is -0.140. The van der Waals surface area contributed by atoms with Crippen LogP contribution in [0.5, 0.6) is 5.75 Å². The van der Waals surface area contributed by atoms with Crippen molar-refractivity contribution in [1.82, 2.24) is 30.5 Å². The zero-order valence-corrected chi connectivity index (χ0v) is 33.1. The van der Waals surface area contributed by atoms with Crippen LogP contribution in [0.4, 0.5) is 35.6 Å². The fourth-order valence-electron chi connectivity index (χ4n) is 6.28. The molecule has 4 heterocycles. The standard InChI is InChI=1S/C30H33F3N8O5S.C8H10ClN/c1-18-36-24(38-29-35-15-20(16-42)47-29)14-25(37-18)41-11-9-40(10-12-41)8-2-7-34-27(44)17-46-23-5-3-19(13-22(23)30(31,32)33)21-4-6-26(43)39-28(21)45;1-6-4-3-5-7(9)8(6)10-2/h3,5,13-16,21H,2,4,6-12,17H2,1H3,(H,34,44)(H,39,43,45)(H,35,36,37,38);3-5,10H,1-2H3. The molecule has 14 nitrogen and oxygen atoms in total. The van der Waals surface area contributed by atoms with Gasteiger partial charge >= 0.3 is 6.18 Å². The Morgan fingerprint density at radius 3 is 2.53 bits per heavy atom. The number of thiazole rings is 1. The van der Waals surface area contributed by atoms with Crippen LogP contribution in [0.25, 0.3) is 0 Å². The van der Waals surface area contributed by atoms with E-state index >= 15 is 0 Å². The van der Waals surface area contributed by atoms with Crippen molar-refractivity contribution in [2.24, 2.45) is 0 Å². The average Bonchev–Trinajstić information content (AvgIpc) is 3.63. The number of hydrogen-bond donors (Lipinski definition) is 4. The molecule has 2 saturated heterocycles. The number of rotatable bonds is 13. The van der Waals surface area contributed by atoms with Gasteiger partial charge in [0.1, 0.15) is 23.2 Å². The first-order chi connectivity index (χ1) is 27.2. The molecule has 0 saturated carbocycles. The second-order valence-electron chi connectivity index (χ2n) is 13.2. The second-order valence-corrected chi connectivity index (χ2v) is 14.7. The number of nitrogens with one attached hydrogen (secondary N) is 4. The minimum Gasteiger partial charge on any atom is -0.483 e. The zero-order chi connectivity index (χ0) is 41.1. The quantitative estimate of drug-likeness (QED) is 0.0734. The molecule has 0 spiro atoms. The lowest BCUT2D eigenvalue weighted by Gasteiger charge is -2.35. The minimum atomic E-state index is -4.78. The number of para-hydroxylation sites is 1. The summed E-state index contributed by atoms with van der Waals surface area (Å²) < 4.78 is 46.6. The Kier molecular flexibility index (Phi) is 14.8. The van der Waals surface area contributed by atoms with Crippen molar-refractivity contribution in [1.29, 1.82) is 0 Å². The largest absolute Gasteiger partial charge is 0.483 e. The van der Waals surface area contributed by atoms with Gasteiger partial charge in [-0.05, 0) is 62.6 Å². The van der Waals surface area contributed by atoms with Gasteiger partial charge in [-0.3, -0.25) is 29.4 Å². The molecule has 2 fully saturated rings. The highest BCUT2D eigenvalue weighted by atomic mass is 35.5. The normalized spacial score (nSPS) is 15.9. The molecule has 0 radical (unpaired) electrons. The lowest BCUT2D eigenvalue weighted by Crippen LogP contribution is -2.47. The Hall–Kier alpha value is -5.33. The van der Waals surface area contributed by atoms with Crippen molar-refractivity contribution in [3.8, 4) is 5.75 Å². The Balaban J connectivity index is 0.000000540. The highest BCUT2D eigenvalue weighted by Crippen LogP contribution is 2.39. The average molecular weight is 830 g/mol. The fraction of sp³-hybridized carbons (Fsp3) is 0.395. The van der Waals surface area contributed by atoms with E-state index in [9.17, 15) is 32.3 Å². The number of aryl methyl sites for hydroxylation is 2. The molecule has 1 atom stereocenters. The van der Waals surface area contributed by atoms with Gasteiger partial charge in [0.2, 0.25) is 11.8 Å². The summed E-state index contributed by atoms with van der Waals surface area (Å²) in [4.78, 5) is 64.9. The van der Waals surface area contributed by atoms with E-state index in [0.29, 0.717) is 41.2 Å². The maximum Gasteiger partial charge on any atom is 0.419 e. The van der Waals surface area contributed by atoms with Crippen molar-refractivity contribution in [3.05, 3.63) is 81.1 Å². The Bertz CT molecular complexity index is 2040. The maximum absolute atomic E-state index is 13.8. The third-order valence-corrected chi connectivity index (χ3v) is 10.3. The molecular weight excluding hydrogens is 787 g/mol. The number of carbonyl (C=O) groups is 4. The van der Waals surface area contributed by atoms with Gasteiger partial charge in [0, 0.05) is 52.3 Å². The number of piperazine rings is 1. The number of halogens is 4. The van der Waals surface area contributed by atoms with E-state index in [-0.39, 0.29) is 18.4 Å². The van der Waals surface area contributed by atoms with E-state index in [2.05, 4.69) is 46.0 Å². The van der Waals surface area contributed by atoms with Crippen molar-refractivity contribution in [3.63, 3.8) is 0 Å². The van der Waals surface area contributed by atoms with Crippen LogP contribution >= 0.6 is 22.9 Å². The van der Waals surface area contributed by atoms with E-state index < -0.39 is 47.7 Å². The first kappa shape index (κ1) is 42.8. The van der Waals surface area contributed by atoms with Gasteiger partial charge in [-0.15, -0.1) is 0 Å². The van der Waals surface area contributed by atoms with Crippen LogP contribution < -0.4 is 30.9 Å². The van der Waals surface area contributed by atoms with Gasteiger partial charge in [0.15, 0.2) is 18.0 Å². The van der Waals surface area contributed by atoms with Crippen LogP contribution in [-0.4, -0.2) is 96.8 Å². The van der Waals surface area contributed by atoms with Gasteiger partial charge in [-0.25, -0.2) is 15.0 Å². The molecule has 2 aliphatic rings. The number of piperidine rings is 1. The number of aldehydes is 1. The number of anilines is 4. The number of alkyl halides is 3. The van der Waals surface area contributed by atoms with Crippen LogP contribution in [0.2, 0.25) is 5.02 Å². The highest BCUT2D eigenvalue weighted by Gasteiger charge is 2.37. The third-order valence-electron chi connectivity index (χ3n) is 9.15. The fourth-order valence-corrected chi connectivity index (χ4v) is 7.24. The first-order valence-electron chi connectivity index (χ1n) is 18.1. The van der Waals surface area contributed by atoms with E-state index in [1.54, 1.807) is 6.92 Å². The van der Waals surface area contributed by atoms with E-state index in [1.165, 1.54) is 29.2 Å². The zero-order valence-electron chi connectivity index (χ0n) is 31.5. The van der Waals surface area contributed by atoms with Crippen molar-refractivity contribution >= 4 is 69.4 Å². The summed E-state index contributed by atoms with van der Waals surface area (Å²) in [7, 11) is 1.87. The van der Waals surface area contributed by atoms with Crippen molar-refractivity contribution in [2.75, 3.05) is 68.5 Å². The number of carbonyl (C=O) groups excluding carboxylic acids is 4. The van der Waals surface area contributed by atoms with Crippen molar-refractivity contribution in [2.45, 2.75) is 45.2 Å². The van der Waals surface area contributed by atoms with Crippen LogP contribution in [0, 0.1) is 13.8 Å². The maximum atomic E-state index is 13.8. The molecule has 57 heavy (non-hydrogen) atoms. The van der Waals surface area contributed by atoms with Crippen LogP contribution in [0.1, 0.15) is 57.4 Å². The first-order valence-corrected chi connectivity index (χ1v) is 19.3. The predicted octanol–water partition coefficient (Wildman–Crippen LogP) is 5.73. The Morgan fingerprint density at radius 1 is 1.11 bits per heavy atom. The number of imide groups is 1. The monoisotopic (exact) mass is 829 g/mol. The molecule has 2 aliphatic heterocycles. The molecule has 2 aromatic heterocycles. The summed E-state index contributed by atoms with van der Waals surface area (Å²) in [5.41, 5.74) is 1.22. The SMILES string of the molecule is CNc1c(C)cccc1Cl.Cc1nc(Nc2ncc(C=O)s2)cc(N2CCN(CCCNC(=O)COc3ccc(C4CCC(=O)NC4=O)cc3C(F)(F)F)CC2)n1. The van der Waals surface area contributed by atoms with Crippen LogP contribution in [0.3, 0.4) is 0 Å². The number of ether oxygens (including phenoxy) is 1. The van der Waals surface area contributed by atoms with Gasteiger partial charge in [0.25, 0.3) is 5.91 Å². The molecule has 6 rings (SSSR count). The predicted molar refractivity (Wildman–Crippen MR) is 212 cm³/mol. The van der Waals surface area contributed by atoms with Crippen LogP contribution in [-0.2, 0) is 20.6 Å². The third kappa shape index (κ3) is 12.1. The summed E-state index contributed by atoms with van der Waals surface area (Å²) >= 11 is 7.10. The minimum absolute atomic E-state index is 0.0366. The Labute approximate surface area is 336 Å². The molecule has 4 aromatic rings. The molecular formula is C38H43ClF3N9O5S. The van der Waals surface area contributed by atoms with E-state index in [0.717, 1.165) is 61.1 Å². The van der Waals surface area contributed by atoms with E-state index in [1.807, 2.05) is 38.2 Å². The molecule has 304 valence electrons. The summed E-state index contributed by atoms with van der Waals surface area (Å²) in [6, 6.07) is 11.0. The molecule has 2 aromatic carbocycles. The molecule has 1 unspecified atom stereocenters. The number of amides is 3. The van der Waals surface area contributed by atoms with Crippen molar-refractivity contribution < 1.29 is 37.1 Å². The van der Waals surface area contributed by atoms with Gasteiger partial charge in [0.05, 0.1) is 33.3 Å². The molecule has 3 amide bonds. The van der Waals surface area contributed by atoms with Crippen LogP contribution in [0.15, 0.2) is 48.7 Å². The highest BCUT2D eigenvalue weighted by molar-refractivity contribution is 7.17. The number of benzene rings is 2. The van der Waals surface area contributed by atoms with Gasteiger partial charge in [-0.2, -0.15) is 13.2 Å². The molecule has 0 bridgehead atoms. The molecule has 19 heteroatoms.